The van der Waals surface area contributed by atoms with Crippen LogP contribution in [0.3, 0.4) is 0 Å². The standard InChI is InChI=1S/C16H13FN2O3/c17-13-8-6-12(7-9-13)15-18-19(16(20)22-15)10-11-21-14-4-2-1-3-5-14/h1-9H,10-11H2. The molecule has 0 aliphatic carbocycles. The van der Waals surface area contributed by atoms with Crippen LogP contribution in [0.1, 0.15) is 0 Å². The summed E-state index contributed by atoms with van der Waals surface area (Å²) in [5.41, 5.74) is 0.543. The second-order valence-corrected chi connectivity index (χ2v) is 4.56. The zero-order valence-electron chi connectivity index (χ0n) is 11.6. The van der Waals surface area contributed by atoms with Crippen molar-refractivity contribution in [2.45, 2.75) is 6.54 Å². The molecule has 2 aromatic carbocycles. The van der Waals surface area contributed by atoms with Crippen LogP contribution in [0, 0.1) is 5.82 Å². The van der Waals surface area contributed by atoms with Gasteiger partial charge in [-0.15, -0.1) is 5.10 Å². The van der Waals surface area contributed by atoms with Gasteiger partial charge in [0, 0.05) is 5.56 Å². The van der Waals surface area contributed by atoms with E-state index in [9.17, 15) is 9.18 Å². The predicted molar refractivity (Wildman–Crippen MR) is 78.1 cm³/mol. The Bertz CT molecular complexity index is 794. The minimum Gasteiger partial charge on any atom is -0.492 e. The normalized spacial score (nSPS) is 10.6. The molecule has 0 unspecified atom stereocenters. The number of nitrogens with zero attached hydrogens (tertiary/aromatic N) is 2. The van der Waals surface area contributed by atoms with Gasteiger partial charge in [0.25, 0.3) is 0 Å². The van der Waals surface area contributed by atoms with Gasteiger partial charge in [-0.3, -0.25) is 0 Å². The van der Waals surface area contributed by atoms with Gasteiger partial charge in [-0.1, -0.05) is 18.2 Å². The Balaban J connectivity index is 1.67. The van der Waals surface area contributed by atoms with Gasteiger partial charge >= 0.3 is 5.76 Å². The molecule has 6 heteroatoms. The van der Waals surface area contributed by atoms with Crippen molar-refractivity contribution in [2.24, 2.45) is 0 Å². The van der Waals surface area contributed by atoms with Gasteiger partial charge in [0.05, 0.1) is 6.54 Å². The van der Waals surface area contributed by atoms with E-state index >= 15 is 0 Å². The SMILES string of the molecule is O=c1oc(-c2ccc(F)cc2)nn1CCOc1ccccc1. The fraction of sp³-hybridized carbons (Fsp3) is 0.125. The van der Waals surface area contributed by atoms with Crippen LogP contribution in [-0.4, -0.2) is 16.4 Å². The quantitative estimate of drug-likeness (QED) is 0.727. The Morgan fingerprint density at radius 1 is 1.09 bits per heavy atom. The largest absolute Gasteiger partial charge is 0.492 e. The fourth-order valence-electron chi connectivity index (χ4n) is 1.92. The van der Waals surface area contributed by atoms with Crippen LogP contribution in [0.2, 0.25) is 0 Å². The maximum atomic E-state index is 12.9. The van der Waals surface area contributed by atoms with Crippen LogP contribution < -0.4 is 10.5 Å². The second kappa shape index (κ2) is 6.26. The lowest BCUT2D eigenvalue weighted by Gasteiger charge is -2.04. The van der Waals surface area contributed by atoms with Crippen LogP contribution in [0.15, 0.2) is 63.8 Å². The Labute approximate surface area is 125 Å². The first-order valence-electron chi connectivity index (χ1n) is 6.74. The number of halogens is 1. The Hall–Kier alpha value is -2.89. The number of para-hydroxylation sites is 1. The lowest BCUT2D eigenvalue weighted by molar-refractivity contribution is 0.285. The monoisotopic (exact) mass is 300 g/mol. The fourth-order valence-corrected chi connectivity index (χ4v) is 1.92. The summed E-state index contributed by atoms with van der Waals surface area (Å²) in [6.07, 6.45) is 0. The third-order valence-corrected chi connectivity index (χ3v) is 3.01. The van der Waals surface area contributed by atoms with Crippen LogP contribution >= 0.6 is 0 Å². The van der Waals surface area contributed by atoms with E-state index in [0.717, 1.165) is 5.75 Å². The number of hydrogen-bond acceptors (Lipinski definition) is 4. The van der Waals surface area contributed by atoms with Gasteiger partial charge in [-0.25, -0.2) is 9.18 Å². The topological polar surface area (TPSA) is 57.3 Å². The van der Waals surface area contributed by atoms with E-state index in [1.54, 1.807) is 0 Å². The van der Waals surface area contributed by atoms with Crippen molar-refractivity contribution in [3.05, 3.63) is 71.0 Å². The number of benzene rings is 2. The molecule has 0 aliphatic heterocycles. The minimum absolute atomic E-state index is 0.157. The van der Waals surface area contributed by atoms with E-state index in [1.807, 2.05) is 30.3 Å². The average Bonchev–Trinajstić information content (AvgIpc) is 2.90. The molecule has 0 spiro atoms. The van der Waals surface area contributed by atoms with Crippen LogP contribution in [0.4, 0.5) is 4.39 Å². The third kappa shape index (κ3) is 3.22. The molecular formula is C16H13FN2O3. The molecule has 0 bridgehead atoms. The molecule has 0 amide bonds. The third-order valence-electron chi connectivity index (χ3n) is 3.01. The maximum Gasteiger partial charge on any atom is 0.437 e. The van der Waals surface area contributed by atoms with Crippen molar-refractivity contribution >= 4 is 0 Å². The van der Waals surface area contributed by atoms with Crippen molar-refractivity contribution in [2.75, 3.05) is 6.61 Å². The summed E-state index contributed by atoms with van der Waals surface area (Å²) in [5.74, 6) is -0.0553. The highest BCUT2D eigenvalue weighted by Gasteiger charge is 2.10. The first kappa shape index (κ1) is 14.1. The second-order valence-electron chi connectivity index (χ2n) is 4.56. The highest BCUT2D eigenvalue weighted by atomic mass is 19.1. The molecule has 0 saturated carbocycles. The van der Waals surface area contributed by atoms with Crippen molar-refractivity contribution < 1.29 is 13.5 Å². The summed E-state index contributed by atoms with van der Waals surface area (Å²) in [5, 5.41) is 4.08. The molecule has 0 saturated heterocycles. The van der Waals surface area contributed by atoms with E-state index in [0.29, 0.717) is 12.2 Å². The van der Waals surface area contributed by atoms with Gasteiger partial charge in [-0.05, 0) is 36.4 Å². The molecule has 0 aliphatic rings. The lowest BCUT2D eigenvalue weighted by Crippen LogP contribution is -2.20. The zero-order chi connectivity index (χ0) is 15.4. The highest BCUT2D eigenvalue weighted by molar-refractivity contribution is 5.51. The molecule has 1 aromatic heterocycles. The molecule has 0 N–H and O–H groups in total. The Kier molecular flexibility index (Phi) is 4.00. The first-order chi connectivity index (χ1) is 10.7. The Morgan fingerprint density at radius 2 is 1.82 bits per heavy atom. The predicted octanol–water partition coefficient (Wildman–Crippen LogP) is 2.72. The number of hydrogen-bond donors (Lipinski definition) is 0. The van der Waals surface area contributed by atoms with Gasteiger partial charge in [0.1, 0.15) is 18.2 Å². The maximum absolute atomic E-state index is 12.9. The summed E-state index contributed by atoms with van der Waals surface area (Å²) < 4.78 is 24.6. The van der Waals surface area contributed by atoms with Crippen molar-refractivity contribution in [1.82, 2.24) is 9.78 Å². The molecule has 3 aromatic rings. The van der Waals surface area contributed by atoms with E-state index in [1.165, 1.54) is 28.9 Å². The number of aromatic nitrogens is 2. The smallest absolute Gasteiger partial charge is 0.437 e. The van der Waals surface area contributed by atoms with E-state index in [2.05, 4.69) is 5.10 Å². The Morgan fingerprint density at radius 3 is 2.55 bits per heavy atom. The van der Waals surface area contributed by atoms with E-state index in [4.69, 9.17) is 9.15 Å². The van der Waals surface area contributed by atoms with Crippen molar-refractivity contribution in [3.63, 3.8) is 0 Å². The number of ether oxygens (including phenoxy) is 1. The molecule has 1 heterocycles. The summed E-state index contributed by atoms with van der Waals surface area (Å²) in [6.45, 7) is 0.553. The van der Waals surface area contributed by atoms with Crippen LogP contribution in [-0.2, 0) is 6.54 Å². The van der Waals surface area contributed by atoms with Crippen molar-refractivity contribution in [3.8, 4) is 17.2 Å². The number of rotatable bonds is 5. The van der Waals surface area contributed by atoms with E-state index in [-0.39, 0.29) is 18.3 Å². The molecule has 0 radical (unpaired) electrons. The molecule has 3 rings (SSSR count). The molecule has 0 fully saturated rings. The average molecular weight is 300 g/mol. The molecular weight excluding hydrogens is 287 g/mol. The van der Waals surface area contributed by atoms with Gasteiger partial charge < -0.3 is 9.15 Å². The highest BCUT2D eigenvalue weighted by Crippen LogP contribution is 2.15. The summed E-state index contributed by atoms with van der Waals surface area (Å²) in [4.78, 5) is 11.7. The van der Waals surface area contributed by atoms with Crippen LogP contribution in [0.5, 0.6) is 5.75 Å². The molecule has 22 heavy (non-hydrogen) atoms. The first-order valence-corrected chi connectivity index (χ1v) is 6.74. The minimum atomic E-state index is -0.573. The molecule has 0 atom stereocenters. The van der Waals surface area contributed by atoms with Gasteiger partial charge in [-0.2, -0.15) is 4.68 Å². The van der Waals surface area contributed by atoms with Crippen LogP contribution in [0.25, 0.3) is 11.5 Å². The summed E-state index contributed by atoms with van der Waals surface area (Å²) in [6, 6.07) is 14.9. The summed E-state index contributed by atoms with van der Waals surface area (Å²) in [7, 11) is 0. The van der Waals surface area contributed by atoms with E-state index < -0.39 is 5.76 Å². The lowest BCUT2D eigenvalue weighted by atomic mass is 10.2. The van der Waals surface area contributed by atoms with Gasteiger partial charge in [0.2, 0.25) is 5.89 Å². The van der Waals surface area contributed by atoms with Gasteiger partial charge in [0.15, 0.2) is 0 Å². The molecule has 112 valence electrons. The zero-order valence-corrected chi connectivity index (χ0v) is 11.6. The van der Waals surface area contributed by atoms with Crippen molar-refractivity contribution in [1.29, 1.82) is 0 Å². The molecule has 5 nitrogen and oxygen atoms in total. The summed E-state index contributed by atoms with van der Waals surface area (Å²) >= 11 is 0.